The van der Waals surface area contributed by atoms with Crippen LogP contribution in [0.5, 0.6) is 0 Å². The average Bonchev–Trinajstić information content (AvgIpc) is 2.46. The number of aliphatic carboxylic acids is 1. The van der Waals surface area contributed by atoms with Crippen LogP contribution in [0.4, 0.5) is 5.69 Å². The number of amides is 1. The monoisotopic (exact) mass is 357 g/mol. The summed E-state index contributed by atoms with van der Waals surface area (Å²) in [5, 5.41) is 18.1. The van der Waals surface area contributed by atoms with E-state index in [1.54, 1.807) is 19.9 Å². The fourth-order valence-electron chi connectivity index (χ4n) is 2.52. The predicted molar refractivity (Wildman–Crippen MR) is 90.9 cm³/mol. The van der Waals surface area contributed by atoms with Crippen LogP contribution in [-0.2, 0) is 25.8 Å². The summed E-state index contributed by atoms with van der Waals surface area (Å²) in [6, 6.07) is 4.83. The van der Waals surface area contributed by atoms with Crippen molar-refractivity contribution in [1.82, 2.24) is 0 Å². The van der Waals surface area contributed by atoms with Gasteiger partial charge in [-0.05, 0) is 31.4 Å². The van der Waals surface area contributed by atoms with Crippen LogP contribution in [0.2, 0.25) is 0 Å². The van der Waals surface area contributed by atoms with Gasteiger partial charge in [0.15, 0.2) is 9.84 Å². The molecule has 1 aromatic carbocycles. The van der Waals surface area contributed by atoms with Crippen LogP contribution in [0.3, 0.4) is 0 Å². The van der Waals surface area contributed by atoms with Crippen molar-refractivity contribution in [3.63, 3.8) is 0 Å². The van der Waals surface area contributed by atoms with Crippen LogP contribution < -0.4 is 4.90 Å². The lowest BCUT2D eigenvalue weighted by Gasteiger charge is -2.31. The Bertz CT molecular complexity index is 713. The van der Waals surface area contributed by atoms with E-state index >= 15 is 0 Å². The second-order valence-electron chi connectivity index (χ2n) is 5.66. The molecule has 0 aliphatic rings. The standard InChI is InChI=1S/C16H23NO6S/c1-4-13-7-5-6-11(2)16(13)17(12(3)8-18)14(19)9-24(22,23)10-15(20)21/h5-7,12,18H,4,8-10H2,1-3H3,(H,20,21)/t12-/m0/s1. The Morgan fingerprint density at radius 1 is 1.25 bits per heavy atom. The van der Waals surface area contributed by atoms with Gasteiger partial charge in [-0.2, -0.15) is 0 Å². The van der Waals surface area contributed by atoms with Crippen molar-refractivity contribution in [1.29, 1.82) is 0 Å². The molecule has 0 spiro atoms. The molecule has 0 saturated heterocycles. The Morgan fingerprint density at radius 2 is 1.88 bits per heavy atom. The minimum atomic E-state index is -4.08. The van der Waals surface area contributed by atoms with Gasteiger partial charge in [0, 0.05) is 0 Å². The van der Waals surface area contributed by atoms with E-state index in [0.717, 1.165) is 11.1 Å². The van der Waals surface area contributed by atoms with Gasteiger partial charge < -0.3 is 15.1 Å². The normalized spacial score (nSPS) is 12.7. The van der Waals surface area contributed by atoms with Gasteiger partial charge in [-0.15, -0.1) is 0 Å². The van der Waals surface area contributed by atoms with Crippen LogP contribution in [-0.4, -0.2) is 54.7 Å². The highest BCUT2D eigenvalue weighted by Gasteiger charge is 2.29. The summed E-state index contributed by atoms with van der Waals surface area (Å²) < 4.78 is 23.7. The number of carbonyl (C=O) groups is 2. The maximum absolute atomic E-state index is 12.6. The van der Waals surface area contributed by atoms with Crippen molar-refractivity contribution in [2.75, 3.05) is 23.0 Å². The molecule has 24 heavy (non-hydrogen) atoms. The van der Waals surface area contributed by atoms with E-state index in [-0.39, 0.29) is 6.61 Å². The van der Waals surface area contributed by atoms with Crippen molar-refractivity contribution >= 4 is 27.4 Å². The second-order valence-corrected chi connectivity index (χ2v) is 7.72. The highest BCUT2D eigenvalue weighted by atomic mass is 32.2. The smallest absolute Gasteiger partial charge is 0.318 e. The highest BCUT2D eigenvalue weighted by molar-refractivity contribution is 7.92. The fourth-order valence-corrected chi connectivity index (χ4v) is 3.51. The SMILES string of the molecule is CCc1cccc(C)c1N(C(=O)CS(=O)(=O)CC(=O)O)[C@@H](C)CO. The molecular formula is C16H23NO6S. The number of benzene rings is 1. The zero-order valence-electron chi connectivity index (χ0n) is 14.0. The van der Waals surface area contributed by atoms with Crippen molar-refractivity contribution in [2.24, 2.45) is 0 Å². The summed E-state index contributed by atoms with van der Waals surface area (Å²) in [5.41, 5.74) is 2.19. The molecule has 1 amide bonds. The summed E-state index contributed by atoms with van der Waals surface area (Å²) in [6.45, 7) is 4.96. The van der Waals surface area contributed by atoms with E-state index in [1.807, 2.05) is 19.1 Å². The first-order valence-electron chi connectivity index (χ1n) is 7.56. The van der Waals surface area contributed by atoms with Gasteiger partial charge >= 0.3 is 5.97 Å². The number of aliphatic hydroxyl groups excluding tert-OH is 1. The number of rotatable bonds is 8. The van der Waals surface area contributed by atoms with Crippen molar-refractivity contribution in [3.05, 3.63) is 29.3 Å². The zero-order valence-corrected chi connectivity index (χ0v) is 14.8. The average molecular weight is 357 g/mol. The van der Waals surface area contributed by atoms with Gasteiger partial charge in [0.2, 0.25) is 5.91 Å². The molecule has 0 aliphatic carbocycles. The molecule has 7 nitrogen and oxygen atoms in total. The predicted octanol–water partition coefficient (Wildman–Crippen LogP) is 0.771. The van der Waals surface area contributed by atoms with Crippen LogP contribution in [0.15, 0.2) is 18.2 Å². The minimum Gasteiger partial charge on any atom is -0.480 e. The third-order valence-electron chi connectivity index (χ3n) is 3.60. The summed E-state index contributed by atoms with van der Waals surface area (Å²) in [6.07, 6.45) is 0.626. The first-order valence-corrected chi connectivity index (χ1v) is 9.38. The third-order valence-corrected chi connectivity index (χ3v) is 4.98. The summed E-state index contributed by atoms with van der Waals surface area (Å²) >= 11 is 0. The van der Waals surface area contributed by atoms with Gasteiger partial charge in [-0.1, -0.05) is 25.1 Å². The van der Waals surface area contributed by atoms with Crippen LogP contribution in [0.1, 0.15) is 25.0 Å². The number of aryl methyl sites for hydroxylation is 2. The van der Waals surface area contributed by atoms with E-state index in [9.17, 15) is 23.1 Å². The van der Waals surface area contributed by atoms with Crippen LogP contribution in [0.25, 0.3) is 0 Å². The van der Waals surface area contributed by atoms with Gasteiger partial charge in [-0.25, -0.2) is 8.42 Å². The number of carbonyl (C=O) groups excluding carboxylic acids is 1. The van der Waals surface area contributed by atoms with E-state index in [0.29, 0.717) is 12.1 Å². The van der Waals surface area contributed by atoms with E-state index in [1.165, 1.54) is 4.90 Å². The molecule has 0 fully saturated rings. The first kappa shape index (κ1) is 20.1. The van der Waals surface area contributed by atoms with Crippen molar-refractivity contribution in [2.45, 2.75) is 33.2 Å². The summed E-state index contributed by atoms with van der Waals surface area (Å²) in [5.74, 6) is -4.27. The Labute approximate surface area is 141 Å². The lowest BCUT2D eigenvalue weighted by Crippen LogP contribution is -2.45. The molecule has 0 aromatic heterocycles. The summed E-state index contributed by atoms with van der Waals surface area (Å²) in [7, 11) is -4.08. The van der Waals surface area contributed by atoms with E-state index in [2.05, 4.69) is 0 Å². The zero-order chi connectivity index (χ0) is 18.5. The van der Waals surface area contributed by atoms with Gasteiger partial charge in [-0.3, -0.25) is 9.59 Å². The lowest BCUT2D eigenvalue weighted by atomic mass is 10.0. The Kier molecular flexibility index (Phi) is 6.92. The lowest BCUT2D eigenvalue weighted by molar-refractivity contribution is -0.134. The molecule has 134 valence electrons. The maximum atomic E-state index is 12.6. The van der Waals surface area contributed by atoms with Gasteiger partial charge in [0.05, 0.1) is 18.3 Å². The molecule has 0 aliphatic heterocycles. The molecule has 1 atom stereocenters. The number of anilines is 1. The van der Waals surface area contributed by atoms with Gasteiger partial charge in [0.1, 0.15) is 11.5 Å². The molecule has 0 radical (unpaired) electrons. The number of carboxylic acid groups (broad SMARTS) is 1. The van der Waals surface area contributed by atoms with Crippen molar-refractivity contribution in [3.8, 4) is 0 Å². The number of carboxylic acids is 1. The van der Waals surface area contributed by atoms with E-state index < -0.39 is 39.3 Å². The third kappa shape index (κ3) is 5.04. The molecule has 0 saturated carbocycles. The van der Waals surface area contributed by atoms with E-state index in [4.69, 9.17) is 5.11 Å². The fraction of sp³-hybridized carbons (Fsp3) is 0.500. The molecule has 0 bridgehead atoms. The Balaban J connectivity index is 3.30. The summed E-state index contributed by atoms with van der Waals surface area (Å²) in [4.78, 5) is 24.5. The minimum absolute atomic E-state index is 0.345. The number of sulfone groups is 1. The molecule has 2 N–H and O–H groups in total. The van der Waals surface area contributed by atoms with Gasteiger partial charge in [0.25, 0.3) is 0 Å². The molecule has 0 heterocycles. The molecule has 1 rings (SSSR count). The Morgan fingerprint density at radius 3 is 2.38 bits per heavy atom. The number of hydrogen-bond donors (Lipinski definition) is 2. The molecule has 0 unspecified atom stereocenters. The van der Waals surface area contributed by atoms with Crippen LogP contribution in [0, 0.1) is 6.92 Å². The second kappa shape index (κ2) is 8.25. The number of aliphatic hydroxyl groups is 1. The number of hydrogen-bond acceptors (Lipinski definition) is 5. The molecular weight excluding hydrogens is 334 g/mol. The highest BCUT2D eigenvalue weighted by Crippen LogP contribution is 2.28. The van der Waals surface area contributed by atoms with Crippen LogP contribution >= 0.6 is 0 Å². The topological polar surface area (TPSA) is 112 Å². The van der Waals surface area contributed by atoms with Crippen molar-refractivity contribution < 1.29 is 28.2 Å². The Hall–Kier alpha value is -1.93. The maximum Gasteiger partial charge on any atom is 0.318 e. The quantitative estimate of drug-likeness (QED) is 0.711. The molecule has 1 aromatic rings. The molecule has 8 heteroatoms. The number of para-hydroxylation sites is 1. The largest absolute Gasteiger partial charge is 0.480 e. The first-order chi connectivity index (χ1) is 11.1. The number of nitrogens with zero attached hydrogens (tertiary/aromatic N) is 1.